The standard InChI is InChI=1S/C17H25F2NO/c1-13(2)11-20-12-17(6-8-21-9-7-17)10-14-15(18)4-3-5-16(14)19/h3-5,13,20H,6-12H2,1-2H3. The monoisotopic (exact) mass is 297 g/mol. The van der Waals surface area contributed by atoms with Gasteiger partial charge in [0.15, 0.2) is 0 Å². The first-order valence-corrected chi connectivity index (χ1v) is 7.74. The molecule has 1 N–H and O–H groups in total. The second-order valence-electron chi connectivity index (χ2n) is 6.51. The molecule has 0 radical (unpaired) electrons. The lowest BCUT2D eigenvalue weighted by Crippen LogP contribution is -2.42. The van der Waals surface area contributed by atoms with Gasteiger partial charge in [0.25, 0.3) is 0 Å². The molecule has 1 aliphatic rings. The summed E-state index contributed by atoms with van der Waals surface area (Å²) in [5.74, 6) is -0.318. The molecule has 4 heteroatoms. The van der Waals surface area contributed by atoms with E-state index in [2.05, 4.69) is 19.2 Å². The van der Waals surface area contributed by atoms with Crippen LogP contribution in [0, 0.1) is 23.0 Å². The van der Waals surface area contributed by atoms with E-state index in [0.29, 0.717) is 25.6 Å². The number of halogens is 2. The number of ether oxygens (including phenoxy) is 1. The number of hydrogen-bond acceptors (Lipinski definition) is 2. The van der Waals surface area contributed by atoms with Crippen molar-refractivity contribution in [2.24, 2.45) is 11.3 Å². The lowest BCUT2D eigenvalue weighted by molar-refractivity contribution is 0.0139. The average Bonchev–Trinajstić information content (AvgIpc) is 2.44. The van der Waals surface area contributed by atoms with Gasteiger partial charge in [-0.25, -0.2) is 8.78 Å². The Morgan fingerprint density at radius 1 is 1.19 bits per heavy atom. The summed E-state index contributed by atoms with van der Waals surface area (Å²) < 4.78 is 33.3. The molecule has 0 aliphatic carbocycles. The SMILES string of the molecule is CC(C)CNCC1(Cc2c(F)cccc2F)CCOCC1. The van der Waals surface area contributed by atoms with Gasteiger partial charge in [-0.3, -0.25) is 0 Å². The van der Waals surface area contributed by atoms with E-state index in [0.717, 1.165) is 25.9 Å². The second kappa shape index (κ2) is 7.32. The van der Waals surface area contributed by atoms with Crippen LogP contribution in [0.15, 0.2) is 18.2 Å². The molecular weight excluding hydrogens is 272 g/mol. The minimum atomic E-state index is -0.440. The van der Waals surface area contributed by atoms with Crippen molar-refractivity contribution >= 4 is 0 Å². The van der Waals surface area contributed by atoms with Crippen molar-refractivity contribution in [3.05, 3.63) is 35.4 Å². The normalized spacial score (nSPS) is 18.1. The molecule has 1 saturated heterocycles. The van der Waals surface area contributed by atoms with E-state index in [1.54, 1.807) is 0 Å². The summed E-state index contributed by atoms with van der Waals surface area (Å²) in [6.07, 6.45) is 2.11. The van der Waals surface area contributed by atoms with Gasteiger partial charge in [-0.1, -0.05) is 19.9 Å². The van der Waals surface area contributed by atoms with Crippen LogP contribution in [0.2, 0.25) is 0 Å². The average molecular weight is 297 g/mol. The number of nitrogens with one attached hydrogen (secondary N) is 1. The molecule has 1 aromatic carbocycles. The van der Waals surface area contributed by atoms with E-state index in [-0.39, 0.29) is 11.0 Å². The number of hydrogen-bond donors (Lipinski definition) is 1. The predicted octanol–water partition coefficient (Wildman–Crippen LogP) is 3.55. The van der Waals surface area contributed by atoms with Crippen LogP contribution < -0.4 is 5.32 Å². The van der Waals surface area contributed by atoms with E-state index < -0.39 is 11.6 Å². The van der Waals surface area contributed by atoms with Crippen LogP contribution in [-0.4, -0.2) is 26.3 Å². The minimum absolute atomic E-state index is 0.115. The first-order valence-electron chi connectivity index (χ1n) is 7.74. The van der Waals surface area contributed by atoms with Crippen molar-refractivity contribution in [2.45, 2.75) is 33.1 Å². The number of benzene rings is 1. The Hall–Kier alpha value is -1.00. The molecule has 0 spiro atoms. The highest BCUT2D eigenvalue weighted by Gasteiger charge is 2.34. The highest BCUT2D eigenvalue weighted by atomic mass is 19.1. The van der Waals surface area contributed by atoms with Crippen molar-refractivity contribution in [1.29, 1.82) is 0 Å². The molecule has 118 valence electrons. The Morgan fingerprint density at radius 2 is 1.81 bits per heavy atom. The van der Waals surface area contributed by atoms with Crippen molar-refractivity contribution in [1.82, 2.24) is 5.32 Å². The third kappa shape index (κ3) is 4.48. The molecule has 0 bridgehead atoms. The zero-order valence-corrected chi connectivity index (χ0v) is 12.9. The van der Waals surface area contributed by atoms with Gasteiger partial charge < -0.3 is 10.1 Å². The van der Waals surface area contributed by atoms with Gasteiger partial charge in [0.2, 0.25) is 0 Å². The zero-order valence-electron chi connectivity index (χ0n) is 12.9. The molecule has 0 atom stereocenters. The van der Waals surface area contributed by atoms with E-state index in [1.165, 1.54) is 18.2 Å². The number of rotatable bonds is 6. The van der Waals surface area contributed by atoms with Crippen molar-refractivity contribution in [3.8, 4) is 0 Å². The molecule has 0 unspecified atom stereocenters. The molecule has 1 heterocycles. The van der Waals surface area contributed by atoms with Gasteiger partial charge in [-0.2, -0.15) is 0 Å². The smallest absolute Gasteiger partial charge is 0.129 e. The van der Waals surface area contributed by atoms with Crippen molar-refractivity contribution < 1.29 is 13.5 Å². The van der Waals surface area contributed by atoms with Gasteiger partial charge in [0, 0.05) is 25.3 Å². The van der Waals surface area contributed by atoms with Gasteiger partial charge >= 0.3 is 0 Å². The summed E-state index contributed by atoms with van der Waals surface area (Å²) in [6, 6.07) is 4.10. The zero-order chi connectivity index (χ0) is 15.3. The summed E-state index contributed by atoms with van der Waals surface area (Å²) in [7, 11) is 0. The van der Waals surface area contributed by atoms with Gasteiger partial charge in [-0.15, -0.1) is 0 Å². The van der Waals surface area contributed by atoms with Crippen LogP contribution in [0.3, 0.4) is 0 Å². The highest BCUT2D eigenvalue weighted by molar-refractivity contribution is 5.21. The van der Waals surface area contributed by atoms with Crippen LogP contribution in [0.4, 0.5) is 8.78 Å². The van der Waals surface area contributed by atoms with E-state index in [4.69, 9.17) is 4.74 Å². The third-order valence-corrected chi connectivity index (χ3v) is 4.22. The maximum atomic E-state index is 13.9. The maximum absolute atomic E-state index is 13.9. The van der Waals surface area contributed by atoms with E-state index >= 15 is 0 Å². The van der Waals surface area contributed by atoms with Crippen molar-refractivity contribution in [2.75, 3.05) is 26.3 Å². The predicted molar refractivity (Wildman–Crippen MR) is 80.3 cm³/mol. The molecule has 2 nitrogen and oxygen atoms in total. The quantitative estimate of drug-likeness (QED) is 0.867. The first-order chi connectivity index (χ1) is 10.0. The second-order valence-corrected chi connectivity index (χ2v) is 6.51. The van der Waals surface area contributed by atoms with Crippen molar-refractivity contribution in [3.63, 3.8) is 0 Å². The minimum Gasteiger partial charge on any atom is -0.381 e. The fourth-order valence-corrected chi connectivity index (χ4v) is 2.92. The molecule has 0 amide bonds. The Kier molecular flexibility index (Phi) is 5.71. The fourth-order valence-electron chi connectivity index (χ4n) is 2.92. The Bertz CT molecular complexity index is 436. The molecule has 0 aromatic heterocycles. The molecular formula is C17H25F2NO. The van der Waals surface area contributed by atoms with E-state index in [9.17, 15) is 8.78 Å². The van der Waals surface area contributed by atoms with Gasteiger partial charge in [0.1, 0.15) is 11.6 Å². The van der Waals surface area contributed by atoms with Gasteiger partial charge in [-0.05, 0) is 49.3 Å². The molecule has 2 rings (SSSR count). The largest absolute Gasteiger partial charge is 0.381 e. The molecule has 0 saturated carbocycles. The molecule has 1 fully saturated rings. The lowest BCUT2D eigenvalue weighted by Gasteiger charge is -2.38. The van der Waals surface area contributed by atoms with Crippen LogP contribution in [-0.2, 0) is 11.2 Å². The van der Waals surface area contributed by atoms with Crippen LogP contribution in [0.5, 0.6) is 0 Å². The van der Waals surface area contributed by atoms with Gasteiger partial charge in [0.05, 0.1) is 0 Å². The van der Waals surface area contributed by atoms with Crippen LogP contribution >= 0.6 is 0 Å². The summed E-state index contributed by atoms with van der Waals surface area (Å²) >= 11 is 0. The topological polar surface area (TPSA) is 21.3 Å². The first kappa shape index (κ1) is 16.4. The highest BCUT2D eigenvalue weighted by Crippen LogP contribution is 2.35. The molecule has 1 aromatic rings. The summed E-state index contributed by atoms with van der Waals surface area (Å²) in [6.45, 7) is 7.34. The molecule has 21 heavy (non-hydrogen) atoms. The summed E-state index contributed by atoms with van der Waals surface area (Å²) in [4.78, 5) is 0. The van der Waals surface area contributed by atoms with Crippen LogP contribution in [0.1, 0.15) is 32.3 Å². The fraction of sp³-hybridized carbons (Fsp3) is 0.647. The summed E-state index contributed by atoms with van der Waals surface area (Å²) in [5, 5.41) is 3.45. The molecule has 1 aliphatic heterocycles. The van der Waals surface area contributed by atoms with Crippen LogP contribution in [0.25, 0.3) is 0 Å². The maximum Gasteiger partial charge on any atom is 0.129 e. The Balaban J connectivity index is 2.12. The lowest BCUT2D eigenvalue weighted by atomic mass is 9.75. The Labute approximate surface area is 125 Å². The summed E-state index contributed by atoms with van der Waals surface area (Å²) in [5.41, 5.74) is 0.0987. The van der Waals surface area contributed by atoms with E-state index in [1.807, 2.05) is 0 Å². The third-order valence-electron chi connectivity index (χ3n) is 4.22. The Morgan fingerprint density at radius 3 is 2.38 bits per heavy atom.